The third-order valence-corrected chi connectivity index (χ3v) is 2.41. The first-order chi connectivity index (χ1) is 5.61. The second-order valence-electron chi connectivity index (χ2n) is 3.35. The van der Waals surface area contributed by atoms with E-state index in [-0.39, 0.29) is 5.92 Å². The maximum atomic E-state index is 10.6. The summed E-state index contributed by atoms with van der Waals surface area (Å²) < 4.78 is 0. The van der Waals surface area contributed by atoms with Gasteiger partial charge < -0.3 is 5.11 Å². The summed E-state index contributed by atoms with van der Waals surface area (Å²) in [6.07, 6.45) is 4.91. The van der Waals surface area contributed by atoms with E-state index in [1.54, 1.807) is 0 Å². The molecule has 0 fully saturated rings. The SMILES string of the molecule is C=C(C(=O)O)C1CC=C(C)CC1. The Bertz CT molecular complexity index is 238. The molecule has 66 valence electrons. The van der Waals surface area contributed by atoms with Crippen LogP contribution in [0.1, 0.15) is 26.2 Å². The van der Waals surface area contributed by atoms with E-state index in [2.05, 4.69) is 19.6 Å². The second kappa shape index (κ2) is 3.57. The Morgan fingerprint density at radius 1 is 1.75 bits per heavy atom. The second-order valence-corrected chi connectivity index (χ2v) is 3.35. The van der Waals surface area contributed by atoms with Crippen LogP contribution >= 0.6 is 0 Å². The van der Waals surface area contributed by atoms with Gasteiger partial charge in [0, 0.05) is 5.57 Å². The first-order valence-corrected chi connectivity index (χ1v) is 4.19. The van der Waals surface area contributed by atoms with E-state index in [9.17, 15) is 4.79 Å². The smallest absolute Gasteiger partial charge is 0.331 e. The molecule has 0 aliphatic heterocycles. The summed E-state index contributed by atoms with van der Waals surface area (Å²) in [5.41, 5.74) is 1.73. The maximum Gasteiger partial charge on any atom is 0.331 e. The van der Waals surface area contributed by atoms with Crippen molar-refractivity contribution in [2.45, 2.75) is 26.2 Å². The van der Waals surface area contributed by atoms with E-state index in [0.29, 0.717) is 5.57 Å². The minimum absolute atomic E-state index is 0.159. The molecule has 0 heterocycles. The Morgan fingerprint density at radius 3 is 2.83 bits per heavy atom. The Hall–Kier alpha value is -1.05. The van der Waals surface area contributed by atoms with Crippen molar-refractivity contribution in [2.24, 2.45) is 5.92 Å². The van der Waals surface area contributed by atoms with Crippen molar-refractivity contribution in [3.05, 3.63) is 23.8 Å². The molecule has 0 radical (unpaired) electrons. The lowest BCUT2D eigenvalue weighted by atomic mass is 9.85. The summed E-state index contributed by atoms with van der Waals surface area (Å²) in [5, 5.41) is 8.68. The Morgan fingerprint density at radius 2 is 2.42 bits per heavy atom. The Labute approximate surface area is 72.6 Å². The largest absolute Gasteiger partial charge is 0.478 e. The average Bonchev–Trinajstić information content (AvgIpc) is 2.04. The minimum atomic E-state index is -0.854. The molecule has 0 aromatic carbocycles. The lowest BCUT2D eigenvalue weighted by molar-refractivity contribution is -0.133. The number of rotatable bonds is 2. The van der Waals surface area contributed by atoms with Gasteiger partial charge in [0.2, 0.25) is 0 Å². The van der Waals surface area contributed by atoms with Crippen LogP contribution in [0.25, 0.3) is 0 Å². The molecule has 1 N–H and O–H groups in total. The quantitative estimate of drug-likeness (QED) is 0.505. The van der Waals surface area contributed by atoms with Gasteiger partial charge >= 0.3 is 5.97 Å². The maximum absolute atomic E-state index is 10.6. The van der Waals surface area contributed by atoms with Crippen LogP contribution in [0.4, 0.5) is 0 Å². The highest BCUT2D eigenvalue weighted by Crippen LogP contribution is 2.27. The van der Waals surface area contributed by atoms with Crippen LogP contribution in [-0.4, -0.2) is 11.1 Å². The van der Waals surface area contributed by atoms with Crippen LogP contribution in [0.5, 0.6) is 0 Å². The van der Waals surface area contributed by atoms with Gasteiger partial charge in [0.1, 0.15) is 0 Å². The van der Waals surface area contributed by atoms with Gasteiger partial charge in [0.15, 0.2) is 0 Å². The van der Waals surface area contributed by atoms with Crippen molar-refractivity contribution in [1.29, 1.82) is 0 Å². The number of carboxylic acids is 1. The standard InChI is InChI=1S/C10H14O2/c1-7-3-5-9(6-4-7)8(2)10(11)12/h3,9H,2,4-6H2,1H3,(H,11,12). The molecule has 1 unspecified atom stereocenters. The van der Waals surface area contributed by atoms with Crippen LogP contribution in [0.15, 0.2) is 23.8 Å². The van der Waals surface area contributed by atoms with Gasteiger partial charge in [-0.15, -0.1) is 0 Å². The molecule has 0 aromatic rings. The van der Waals surface area contributed by atoms with E-state index in [1.165, 1.54) is 5.57 Å². The number of carboxylic acid groups (broad SMARTS) is 1. The highest BCUT2D eigenvalue weighted by molar-refractivity contribution is 5.86. The van der Waals surface area contributed by atoms with Crippen LogP contribution in [0.3, 0.4) is 0 Å². The predicted molar refractivity (Wildman–Crippen MR) is 47.9 cm³/mol. The summed E-state index contributed by atoms with van der Waals surface area (Å²) in [6.45, 7) is 5.66. The zero-order chi connectivity index (χ0) is 9.14. The van der Waals surface area contributed by atoms with E-state index >= 15 is 0 Å². The molecule has 1 atom stereocenters. The third kappa shape index (κ3) is 1.97. The number of hydrogen-bond donors (Lipinski definition) is 1. The van der Waals surface area contributed by atoms with Gasteiger partial charge in [0.25, 0.3) is 0 Å². The lowest BCUT2D eigenvalue weighted by Crippen LogP contribution is -2.13. The topological polar surface area (TPSA) is 37.3 Å². The van der Waals surface area contributed by atoms with E-state index in [1.807, 2.05) is 0 Å². The normalized spacial score (nSPS) is 23.1. The minimum Gasteiger partial charge on any atom is -0.478 e. The summed E-state index contributed by atoms with van der Waals surface area (Å²) in [5.74, 6) is -0.695. The van der Waals surface area contributed by atoms with Gasteiger partial charge in [-0.2, -0.15) is 0 Å². The summed E-state index contributed by atoms with van der Waals surface area (Å²) >= 11 is 0. The molecule has 2 nitrogen and oxygen atoms in total. The Balaban J connectivity index is 2.57. The van der Waals surface area contributed by atoms with Crippen molar-refractivity contribution in [2.75, 3.05) is 0 Å². The van der Waals surface area contributed by atoms with Gasteiger partial charge in [-0.25, -0.2) is 4.79 Å². The molecule has 0 bridgehead atoms. The van der Waals surface area contributed by atoms with E-state index < -0.39 is 5.97 Å². The third-order valence-electron chi connectivity index (χ3n) is 2.41. The highest BCUT2D eigenvalue weighted by Gasteiger charge is 2.19. The number of hydrogen-bond acceptors (Lipinski definition) is 1. The van der Waals surface area contributed by atoms with Crippen LogP contribution in [0, 0.1) is 5.92 Å². The van der Waals surface area contributed by atoms with Crippen molar-refractivity contribution in [3.63, 3.8) is 0 Å². The molecule has 12 heavy (non-hydrogen) atoms. The van der Waals surface area contributed by atoms with Crippen molar-refractivity contribution >= 4 is 5.97 Å². The van der Waals surface area contributed by atoms with Gasteiger partial charge in [0.05, 0.1) is 0 Å². The van der Waals surface area contributed by atoms with Gasteiger partial charge in [-0.1, -0.05) is 18.2 Å². The number of carbonyl (C=O) groups is 1. The fourth-order valence-corrected chi connectivity index (χ4v) is 1.46. The summed E-state index contributed by atoms with van der Waals surface area (Å²) in [7, 11) is 0. The first-order valence-electron chi connectivity index (χ1n) is 4.19. The molecule has 0 saturated heterocycles. The van der Waals surface area contributed by atoms with E-state index in [4.69, 9.17) is 5.11 Å². The van der Waals surface area contributed by atoms with Crippen molar-refractivity contribution in [1.82, 2.24) is 0 Å². The van der Waals surface area contributed by atoms with Crippen LogP contribution in [-0.2, 0) is 4.79 Å². The highest BCUT2D eigenvalue weighted by atomic mass is 16.4. The lowest BCUT2D eigenvalue weighted by Gasteiger charge is -2.19. The molecule has 1 aliphatic rings. The zero-order valence-corrected chi connectivity index (χ0v) is 7.34. The number of aliphatic carboxylic acids is 1. The molecule has 0 aromatic heterocycles. The molecular formula is C10H14O2. The molecule has 0 amide bonds. The molecule has 0 saturated carbocycles. The monoisotopic (exact) mass is 166 g/mol. The predicted octanol–water partition coefficient (Wildman–Crippen LogP) is 2.37. The molecule has 1 rings (SSSR count). The van der Waals surface area contributed by atoms with Crippen molar-refractivity contribution in [3.8, 4) is 0 Å². The number of allylic oxidation sites excluding steroid dienone is 2. The summed E-state index contributed by atoms with van der Waals surface area (Å²) in [6, 6.07) is 0. The summed E-state index contributed by atoms with van der Waals surface area (Å²) in [4.78, 5) is 10.6. The molecular weight excluding hydrogens is 152 g/mol. The molecule has 0 spiro atoms. The van der Waals surface area contributed by atoms with Crippen LogP contribution in [0.2, 0.25) is 0 Å². The van der Waals surface area contributed by atoms with Gasteiger partial charge in [-0.3, -0.25) is 0 Å². The fraction of sp³-hybridized carbons (Fsp3) is 0.500. The zero-order valence-electron chi connectivity index (χ0n) is 7.34. The molecule has 1 aliphatic carbocycles. The fourth-order valence-electron chi connectivity index (χ4n) is 1.46. The van der Waals surface area contributed by atoms with Gasteiger partial charge in [-0.05, 0) is 32.1 Å². The van der Waals surface area contributed by atoms with Crippen molar-refractivity contribution < 1.29 is 9.90 Å². The Kier molecular flexibility index (Phi) is 2.69. The first kappa shape index (κ1) is 9.04. The molecule has 2 heteroatoms. The average molecular weight is 166 g/mol. The van der Waals surface area contributed by atoms with Crippen LogP contribution < -0.4 is 0 Å². The van der Waals surface area contributed by atoms with E-state index in [0.717, 1.165) is 19.3 Å².